The molecular weight excluding hydrogens is 955 g/mol. The quantitative estimate of drug-likeness (QED) is 0.0701. The van der Waals surface area contributed by atoms with E-state index in [1.165, 1.54) is 23.9 Å². The second kappa shape index (κ2) is 29.8. The number of thioether (sulfide) groups is 1. The highest BCUT2D eigenvalue weighted by atomic mass is 32.2. The Morgan fingerprint density at radius 3 is 2.00 bits per heavy atom. The van der Waals surface area contributed by atoms with Gasteiger partial charge in [0.15, 0.2) is 0 Å². The summed E-state index contributed by atoms with van der Waals surface area (Å²) in [5.41, 5.74) is 17.3. The van der Waals surface area contributed by atoms with Gasteiger partial charge in [-0.1, -0.05) is 76.6 Å². The lowest BCUT2D eigenvalue weighted by Crippen LogP contribution is -2.61. The van der Waals surface area contributed by atoms with Crippen LogP contribution in [0.4, 0.5) is 0 Å². The van der Waals surface area contributed by atoms with Gasteiger partial charge in [-0.15, -0.1) is 0 Å². The zero-order valence-corrected chi connectivity index (χ0v) is 41.8. The average Bonchev–Trinajstić information content (AvgIpc) is 3.31. The van der Waals surface area contributed by atoms with Gasteiger partial charge in [0, 0.05) is 31.6 Å². The minimum atomic E-state index is -1.76. The van der Waals surface area contributed by atoms with Gasteiger partial charge >= 0.3 is 0 Å². The predicted molar refractivity (Wildman–Crippen MR) is 265 cm³/mol. The molecule has 3 rings (SSSR count). The fraction of sp³-hybridized carbons (Fsp3) is 0.521. The van der Waals surface area contributed by atoms with E-state index in [9.17, 15) is 57.8 Å². The van der Waals surface area contributed by atoms with Gasteiger partial charge in [-0.3, -0.25) is 52.7 Å². The van der Waals surface area contributed by atoms with E-state index in [1.807, 2.05) is 13.8 Å². The molecule has 1 fully saturated rings. The lowest BCUT2D eigenvalue weighted by molar-refractivity contribution is -0.141. The van der Waals surface area contributed by atoms with Crippen molar-refractivity contribution in [3.8, 4) is 5.75 Å². The first-order valence-corrected chi connectivity index (χ1v) is 24.8. The third-order valence-corrected chi connectivity index (χ3v) is 12.5. The Morgan fingerprint density at radius 2 is 1.39 bits per heavy atom. The second-order valence-electron chi connectivity index (χ2n) is 18.0. The summed E-state index contributed by atoms with van der Waals surface area (Å²) >= 11 is 1.21. The maximum absolute atomic E-state index is 14.8. The SMILES string of the molecule is CC[C@H](C)[C@@H]1NC(=O)[C@H](Cc2ccc(O)cc2)NC(=O)CCSCC[C@@H](C(=O)N(CC(=O)N[C@@H](CC(C)C)C(=O)NCC(N)=O)Cc2ccccc2)NC(=O)[C@H](CC(N)=O)NC(=O)[C@H](CCC(N)=O)NC1=O. The van der Waals surface area contributed by atoms with Crippen LogP contribution in [0.1, 0.15) is 83.8 Å². The lowest BCUT2D eigenvalue weighted by atomic mass is 9.96. The van der Waals surface area contributed by atoms with Gasteiger partial charge < -0.3 is 64.4 Å². The number of carbonyl (C=O) groups is 11. The first-order valence-electron chi connectivity index (χ1n) is 23.7. The van der Waals surface area contributed by atoms with Crippen LogP contribution < -0.4 is 54.4 Å². The van der Waals surface area contributed by atoms with Crippen molar-refractivity contribution >= 4 is 76.7 Å². The molecule has 11 amide bonds. The van der Waals surface area contributed by atoms with Gasteiger partial charge in [0.05, 0.1) is 19.5 Å². The van der Waals surface area contributed by atoms with E-state index in [0.717, 1.165) is 4.90 Å². The van der Waals surface area contributed by atoms with Crippen molar-refractivity contribution in [3.63, 3.8) is 0 Å². The van der Waals surface area contributed by atoms with Crippen LogP contribution >= 0.6 is 11.8 Å². The Hall–Kier alpha value is -7.24. The van der Waals surface area contributed by atoms with Crippen molar-refractivity contribution in [3.05, 3.63) is 65.7 Å². The van der Waals surface area contributed by atoms with Crippen molar-refractivity contribution in [2.24, 2.45) is 29.0 Å². The van der Waals surface area contributed by atoms with E-state index in [1.54, 1.807) is 56.3 Å². The fourth-order valence-electron chi connectivity index (χ4n) is 7.45. The number of rotatable bonds is 20. The largest absolute Gasteiger partial charge is 0.508 e. The number of amides is 11. The molecule has 24 heteroatoms. The summed E-state index contributed by atoms with van der Waals surface area (Å²) in [4.78, 5) is 149. The number of hydrogen-bond acceptors (Lipinski definition) is 13. The van der Waals surface area contributed by atoms with Crippen LogP contribution in [-0.4, -0.2) is 136 Å². The summed E-state index contributed by atoms with van der Waals surface area (Å²) in [6, 6.07) is 6.04. The Balaban J connectivity index is 2.09. The molecule has 1 heterocycles. The Labute approximate surface area is 422 Å². The molecule has 0 saturated carbocycles. The van der Waals surface area contributed by atoms with Gasteiger partial charge in [-0.25, -0.2) is 0 Å². The van der Waals surface area contributed by atoms with E-state index in [0.29, 0.717) is 17.5 Å². The lowest BCUT2D eigenvalue weighted by Gasteiger charge is -2.30. The zero-order chi connectivity index (χ0) is 53.5. The molecule has 394 valence electrons. The highest BCUT2D eigenvalue weighted by Gasteiger charge is 2.36. The van der Waals surface area contributed by atoms with Crippen LogP contribution in [0, 0.1) is 11.8 Å². The molecule has 7 atom stereocenters. The van der Waals surface area contributed by atoms with Gasteiger partial charge in [-0.05, 0) is 60.1 Å². The molecule has 2 aromatic carbocycles. The molecule has 23 nitrogen and oxygen atoms in total. The number of hydrogen-bond donors (Lipinski definition) is 11. The highest BCUT2D eigenvalue weighted by molar-refractivity contribution is 7.99. The molecule has 0 aliphatic carbocycles. The minimum Gasteiger partial charge on any atom is -0.508 e. The van der Waals surface area contributed by atoms with Crippen molar-refractivity contribution in [2.45, 2.75) is 122 Å². The third kappa shape index (κ3) is 21.0. The summed E-state index contributed by atoms with van der Waals surface area (Å²) in [6.45, 7) is 5.76. The van der Waals surface area contributed by atoms with Crippen LogP contribution in [0.3, 0.4) is 0 Å². The summed E-state index contributed by atoms with van der Waals surface area (Å²) in [5.74, 6) is -9.62. The normalized spacial score (nSPS) is 20.5. The van der Waals surface area contributed by atoms with Gasteiger partial charge in [0.2, 0.25) is 65.0 Å². The molecule has 0 bridgehead atoms. The average molecular weight is 1020 g/mol. The molecule has 1 aliphatic heterocycles. The van der Waals surface area contributed by atoms with Crippen molar-refractivity contribution < 1.29 is 57.8 Å². The molecular formula is C48H69N11O12S. The van der Waals surface area contributed by atoms with Gasteiger partial charge in [-0.2, -0.15) is 11.8 Å². The van der Waals surface area contributed by atoms with Crippen LogP contribution in [0.25, 0.3) is 0 Å². The topological polar surface area (TPSA) is 374 Å². The first-order chi connectivity index (χ1) is 34.1. The molecule has 0 spiro atoms. The molecule has 72 heavy (non-hydrogen) atoms. The van der Waals surface area contributed by atoms with E-state index in [2.05, 4.69) is 37.2 Å². The van der Waals surface area contributed by atoms with Gasteiger partial charge in [0.25, 0.3) is 0 Å². The summed E-state index contributed by atoms with van der Waals surface area (Å²) in [7, 11) is 0. The Bertz CT molecular complexity index is 2230. The number of aromatic hydroxyl groups is 1. The number of nitrogens with one attached hydrogen (secondary N) is 7. The molecule has 2 aromatic rings. The molecule has 1 saturated heterocycles. The zero-order valence-electron chi connectivity index (χ0n) is 41.0. The fourth-order valence-corrected chi connectivity index (χ4v) is 8.38. The number of phenolic OH excluding ortho intramolecular Hbond substituents is 1. The highest BCUT2D eigenvalue weighted by Crippen LogP contribution is 2.17. The number of nitrogens with two attached hydrogens (primary N) is 3. The van der Waals surface area contributed by atoms with E-state index >= 15 is 0 Å². The standard InChI is InChI=1S/C48H69N11O12S/c1-5-28(4)42-47(70)55-32(15-16-37(49)61)44(67)57-36(23-38(50)62)45(68)56-33(17-19-72-20-18-40(64)53-35(46(69)58-42)22-29-11-13-31(60)14-12-29)48(71)59(25-30-9-7-6-8-10-30)26-41(65)54-34(21-27(2)3)43(66)52-24-39(51)63/h6-14,27-28,32-36,42,60H,5,15-26H2,1-4H3,(H2,49,61)(H2,50,62)(H2,51,63)(H,52,66)(H,53,64)(H,54,65)(H,55,70)(H,56,68)(H,57,67)(H,58,69)/t28-,32-,33-,34-,35-,36-,42-/m0/s1. The second-order valence-corrected chi connectivity index (χ2v) is 19.2. The maximum Gasteiger partial charge on any atom is 0.245 e. The van der Waals surface area contributed by atoms with E-state index in [4.69, 9.17) is 17.2 Å². The summed E-state index contributed by atoms with van der Waals surface area (Å²) < 4.78 is 0. The van der Waals surface area contributed by atoms with Gasteiger partial charge in [0.1, 0.15) is 42.0 Å². The molecule has 0 unspecified atom stereocenters. The minimum absolute atomic E-state index is 0.0290. The molecule has 0 radical (unpaired) electrons. The Morgan fingerprint density at radius 1 is 0.750 bits per heavy atom. The van der Waals surface area contributed by atoms with E-state index in [-0.39, 0.29) is 55.4 Å². The van der Waals surface area contributed by atoms with Crippen molar-refractivity contribution in [1.29, 1.82) is 0 Å². The first kappa shape index (κ1) is 59.1. The van der Waals surface area contributed by atoms with Crippen LogP contribution in [-0.2, 0) is 65.7 Å². The molecule has 14 N–H and O–H groups in total. The number of benzene rings is 2. The third-order valence-electron chi connectivity index (χ3n) is 11.5. The molecule has 1 aliphatic rings. The molecule has 0 aromatic heterocycles. The summed E-state index contributed by atoms with van der Waals surface area (Å²) in [5, 5.41) is 27.9. The van der Waals surface area contributed by atoms with Crippen molar-refractivity contribution in [2.75, 3.05) is 24.6 Å². The Kier molecular flexibility index (Phi) is 24.5. The van der Waals surface area contributed by atoms with Crippen LogP contribution in [0.2, 0.25) is 0 Å². The number of nitrogens with zero attached hydrogens (tertiary/aromatic N) is 1. The van der Waals surface area contributed by atoms with Crippen LogP contribution in [0.15, 0.2) is 54.6 Å². The number of phenols is 1. The smallest absolute Gasteiger partial charge is 0.245 e. The van der Waals surface area contributed by atoms with Crippen LogP contribution in [0.5, 0.6) is 5.75 Å². The van der Waals surface area contributed by atoms with E-state index < -0.39 is 139 Å². The van der Waals surface area contributed by atoms with Crippen molar-refractivity contribution in [1.82, 2.24) is 42.1 Å². The monoisotopic (exact) mass is 1020 g/mol. The summed E-state index contributed by atoms with van der Waals surface area (Å²) in [6.07, 6.45) is -1.41. The maximum atomic E-state index is 14.8. The number of carbonyl (C=O) groups excluding carboxylic acids is 11. The predicted octanol–water partition coefficient (Wildman–Crippen LogP) is -1.77. The number of primary amides is 3.